The zero-order valence-corrected chi connectivity index (χ0v) is 11.4. The molecule has 0 radical (unpaired) electrons. The number of para-hydroxylation sites is 1. The maximum atomic E-state index is 12.1. The van der Waals surface area contributed by atoms with E-state index in [-0.39, 0.29) is 12.0 Å². The van der Waals surface area contributed by atoms with E-state index in [1.807, 2.05) is 31.3 Å². The second kappa shape index (κ2) is 5.59. The molecule has 2 rings (SSSR count). The Morgan fingerprint density at radius 2 is 2.05 bits per heavy atom. The Balaban J connectivity index is 2.41. The average molecular weight is 265 g/mol. The summed E-state index contributed by atoms with van der Waals surface area (Å²) in [5.74, 6) is 0.487. The van der Waals surface area contributed by atoms with Gasteiger partial charge in [-0.25, -0.2) is 0 Å². The first kappa shape index (κ1) is 13.8. The van der Waals surface area contributed by atoms with Gasteiger partial charge in [0.25, 0.3) is 0 Å². The van der Waals surface area contributed by atoms with Crippen molar-refractivity contribution >= 4 is 5.97 Å². The Hall–Kier alpha value is -1.59. The van der Waals surface area contributed by atoms with Gasteiger partial charge in [-0.1, -0.05) is 18.2 Å². The second-order valence-corrected chi connectivity index (χ2v) is 4.60. The molecule has 0 bridgehead atoms. The quantitative estimate of drug-likeness (QED) is 0.809. The van der Waals surface area contributed by atoms with Gasteiger partial charge in [0.05, 0.1) is 33.5 Å². The van der Waals surface area contributed by atoms with Crippen LogP contribution in [0.3, 0.4) is 0 Å². The molecule has 1 N–H and O–H groups in total. The summed E-state index contributed by atoms with van der Waals surface area (Å²) < 4.78 is 15.6. The fourth-order valence-corrected chi connectivity index (χ4v) is 2.56. The van der Waals surface area contributed by atoms with Crippen LogP contribution in [0.5, 0.6) is 5.75 Å². The van der Waals surface area contributed by atoms with Crippen LogP contribution in [0.4, 0.5) is 0 Å². The minimum absolute atomic E-state index is 0.204. The number of carbonyl (C=O) groups excluding carboxylic acids is 1. The number of hydrogen-bond donors (Lipinski definition) is 1. The molecule has 5 nitrogen and oxygen atoms in total. The lowest BCUT2D eigenvalue weighted by Gasteiger charge is -2.44. The summed E-state index contributed by atoms with van der Waals surface area (Å²) in [5, 5.41) is 3.19. The molecule has 1 unspecified atom stereocenters. The van der Waals surface area contributed by atoms with Crippen LogP contribution in [-0.4, -0.2) is 40.5 Å². The van der Waals surface area contributed by atoms with Crippen LogP contribution in [-0.2, 0) is 14.3 Å². The van der Waals surface area contributed by atoms with E-state index in [4.69, 9.17) is 14.2 Å². The largest absolute Gasteiger partial charge is 0.496 e. The van der Waals surface area contributed by atoms with E-state index in [0.717, 1.165) is 11.3 Å². The van der Waals surface area contributed by atoms with Gasteiger partial charge in [-0.2, -0.15) is 0 Å². The van der Waals surface area contributed by atoms with Crippen LogP contribution >= 0.6 is 0 Å². The molecular formula is C14H19NO4. The van der Waals surface area contributed by atoms with E-state index in [2.05, 4.69) is 5.32 Å². The van der Waals surface area contributed by atoms with Gasteiger partial charge in [0.1, 0.15) is 11.2 Å². The SMILES string of the molecule is CNC(c1ccccc1OC)C1(C(=O)OC)COC1. The zero-order valence-electron chi connectivity index (χ0n) is 11.4. The molecule has 0 amide bonds. The van der Waals surface area contributed by atoms with E-state index in [1.165, 1.54) is 7.11 Å². The number of nitrogens with one attached hydrogen (secondary N) is 1. The minimum atomic E-state index is -0.682. The lowest BCUT2D eigenvalue weighted by molar-refractivity contribution is -0.190. The molecule has 0 aromatic heterocycles. The molecule has 0 spiro atoms. The van der Waals surface area contributed by atoms with Crippen molar-refractivity contribution in [1.82, 2.24) is 5.32 Å². The number of rotatable bonds is 5. The molecule has 1 fully saturated rings. The van der Waals surface area contributed by atoms with E-state index in [0.29, 0.717) is 13.2 Å². The first-order chi connectivity index (χ1) is 9.19. The summed E-state index contributed by atoms with van der Waals surface area (Å²) in [7, 11) is 4.84. The number of benzene rings is 1. The third-order valence-electron chi connectivity index (χ3n) is 3.60. The molecule has 1 atom stereocenters. The van der Waals surface area contributed by atoms with E-state index in [1.54, 1.807) is 7.11 Å². The molecule has 104 valence electrons. The summed E-state index contributed by atoms with van der Waals surface area (Å²) in [6.07, 6.45) is 0. The topological polar surface area (TPSA) is 56.8 Å². The maximum Gasteiger partial charge on any atom is 0.318 e. The van der Waals surface area contributed by atoms with Crippen molar-refractivity contribution in [3.8, 4) is 5.75 Å². The fourth-order valence-electron chi connectivity index (χ4n) is 2.56. The van der Waals surface area contributed by atoms with Gasteiger partial charge in [-0.15, -0.1) is 0 Å². The summed E-state index contributed by atoms with van der Waals surface area (Å²) in [4.78, 5) is 12.1. The molecule has 0 saturated carbocycles. The van der Waals surface area contributed by atoms with Crippen LogP contribution < -0.4 is 10.1 Å². The number of esters is 1. The van der Waals surface area contributed by atoms with Crippen LogP contribution in [0, 0.1) is 5.41 Å². The summed E-state index contributed by atoms with van der Waals surface area (Å²) >= 11 is 0. The predicted molar refractivity (Wildman–Crippen MR) is 70.1 cm³/mol. The molecule has 5 heteroatoms. The first-order valence-electron chi connectivity index (χ1n) is 6.16. The molecule has 1 aliphatic heterocycles. The highest BCUT2D eigenvalue weighted by atomic mass is 16.5. The highest BCUT2D eigenvalue weighted by molar-refractivity contribution is 5.79. The van der Waals surface area contributed by atoms with Crippen molar-refractivity contribution in [2.75, 3.05) is 34.5 Å². The average Bonchev–Trinajstić information content (AvgIpc) is 2.41. The zero-order chi connectivity index (χ0) is 13.9. The fraction of sp³-hybridized carbons (Fsp3) is 0.500. The first-order valence-corrected chi connectivity index (χ1v) is 6.16. The van der Waals surface area contributed by atoms with Gasteiger partial charge in [0, 0.05) is 5.56 Å². The molecule has 0 aliphatic carbocycles. The Morgan fingerprint density at radius 3 is 2.53 bits per heavy atom. The van der Waals surface area contributed by atoms with Gasteiger partial charge in [-0.05, 0) is 13.1 Å². The molecule has 1 aromatic rings. The van der Waals surface area contributed by atoms with E-state index < -0.39 is 5.41 Å². The Kier molecular flexibility index (Phi) is 4.07. The van der Waals surface area contributed by atoms with Gasteiger partial charge in [0.2, 0.25) is 0 Å². The lowest BCUT2D eigenvalue weighted by atomic mass is 9.75. The molecule has 1 heterocycles. The summed E-state index contributed by atoms with van der Waals surface area (Å²) in [6, 6.07) is 7.45. The number of carbonyl (C=O) groups is 1. The monoisotopic (exact) mass is 265 g/mol. The Bertz CT molecular complexity index is 457. The number of methoxy groups -OCH3 is 2. The maximum absolute atomic E-state index is 12.1. The molecule has 1 saturated heterocycles. The van der Waals surface area contributed by atoms with E-state index >= 15 is 0 Å². The summed E-state index contributed by atoms with van der Waals surface area (Å²) in [5.41, 5.74) is 0.249. The van der Waals surface area contributed by atoms with Crippen molar-refractivity contribution in [1.29, 1.82) is 0 Å². The van der Waals surface area contributed by atoms with Crippen LogP contribution in [0.1, 0.15) is 11.6 Å². The predicted octanol–water partition coefficient (Wildman–Crippen LogP) is 1.15. The van der Waals surface area contributed by atoms with Crippen molar-refractivity contribution in [2.45, 2.75) is 6.04 Å². The second-order valence-electron chi connectivity index (χ2n) is 4.60. The smallest absolute Gasteiger partial charge is 0.318 e. The lowest BCUT2D eigenvalue weighted by Crippen LogP contribution is -2.56. The third kappa shape index (κ3) is 2.19. The van der Waals surface area contributed by atoms with Gasteiger partial charge < -0.3 is 19.5 Å². The van der Waals surface area contributed by atoms with Crippen LogP contribution in [0.25, 0.3) is 0 Å². The standard InChI is InChI=1S/C14H19NO4/c1-15-12(10-6-4-5-7-11(10)17-2)14(8-19-9-14)13(16)18-3/h4-7,12,15H,8-9H2,1-3H3. The van der Waals surface area contributed by atoms with Crippen molar-refractivity contribution in [3.63, 3.8) is 0 Å². The van der Waals surface area contributed by atoms with Gasteiger partial charge >= 0.3 is 5.97 Å². The molecule has 1 aromatic carbocycles. The van der Waals surface area contributed by atoms with E-state index in [9.17, 15) is 4.79 Å². The minimum Gasteiger partial charge on any atom is -0.496 e. The molecular weight excluding hydrogens is 246 g/mol. The van der Waals surface area contributed by atoms with Crippen molar-refractivity contribution in [2.24, 2.45) is 5.41 Å². The third-order valence-corrected chi connectivity index (χ3v) is 3.60. The van der Waals surface area contributed by atoms with Crippen LogP contribution in [0.15, 0.2) is 24.3 Å². The summed E-state index contributed by atoms with van der Waals surface area (Å²) in [6.45, 7) is 0.701. The van der Waals surface area contributed by atoms with Crippen molar-refractivity contribution in [3.05, 3.63) is 29.8 Å². The number of ether oxygens (including phenoxy) is 3. The normalized spacial score (nSPS) is 18.3. The Labute approximate surface area is 112 Å². The Morgan fingerprint density at radius 1 is 1.37 bits per heavy atom. The van der Waals surface area contributed by atoms with Crippen molar-refractivity contribution < 1.29 is 19.0 Å². The van der Waals surface area contributed by atoms with Gasteiger partial charge in [-0.3, -0.25) is 4.79 Å². The highest BCUT2D eigenvalue weighted by Gasteiger charge is 2.54. The van der Waals surface area contributed by atoms with Gasteiger partial charge in [0.15, 0.2) is 0 Å². The van der Waals surface area contributed by atoms with Crippen LogP contribution in [0.2, 0.25) is 0 Å². The highest BCUT2D eigenvalue weighted by Crippen LogP contribution is 2.44. The molecule has 19 heavy (non-hydrogen) atoms. The number of hydrogen-bond acceptors (Lipinski definition) is 5. The molecule has 1 aliphatic rings.